The summed E-state index contributed by atoms with van der Waals surface area (Å²) < 4.78 is 18.6. The highest BCUT2D eigenvalue weighted by molar-refractivity contribution is 6.06. The van der Waals surface area contributed by atoms with E-state index in [2.05, 4.69) is 10.3 Å². The molecular formula is C23H25N3O4. The van der Waals surface area contributed by atoms with Crippen molar-refractivity contribution in [1.82, 2.24) is 9.55 Å². The number of hydrogen-bond acceptors (Lipinski definition) is 5. The van der Waals surface area contributed by atoms with Crippen LogP contribution in [0.5, 0.6) is 5.75 Å². The second kappa shape index (κ2) is 8.59. The lowest BCUT2D eigenvalue weighted by Crippen LogP contribution is -2.16. The summed E-state index contributed by atoms with van der Waals surface area (Å²) in [6.07, 6.45) is 0.820. The Hall–Kier alpha value is -3.32. The molecule has 0 aliphatic heterocycles. The normalized spacial score (nSPS) is 11.3. The molecule has 30 heavy (non-hydrogen) atoms. The zero-order valence-corrected chi connectivity index (χ0v) is 17.4. The Kier molecular flexibility index (Phi) is 5.72. The van der Waals surface area contributed by atoms with Gasteiger partial charge in [0, 0.05) is 30.7 Å². The number of nitrogens with one attached hydrogen (secondary N) is 1. The van der Waals surface area contributed by atoms with Crippen LogP contribution >= 0.6 is 0 Å². The van der Waals surface area contributed by atoms with Crippen molar-refractivity contribution in [2.24, 2.45) is 0 Å². The first-order valence-electron chi connectivity index (χ1n) is 10.0. The predicted molar refractivity (Wildman–Crippen MR) is 116 cm³/mol. The highest BCUT2D eigenvalue weighted by Crippen LogP contribution is 2.29. The first kappa shape index (κ1) is 20.0. The van der Waals surface area contributed by atoms with Crippen LogP contribution in [0.1, 0.15) is 29.5 Å². The summed E-state index contributed by atoms with van der Waals surface area (Å²) in [5, 5.41) is 3.79. The van der Waals surface area contributed by atoms with Crippen LogP contribution < -0.4 is 10.1 Å². The Bertz CT molecular complexity index is 1190. The second-order valence-electron chi connectivity index (χ2n) is 7.00. The maximum atomic E-state index is 13.1. The van der Waals surface area contributed by atoms with Crippen LogP contribution in [0.2, 0.25) is 0 Å². The van der Waals surface area contributed by atoms with Gasteiger partial charge in [0.05, 0.1) is 18.1 Å². The third-order valence-electron chi connectivity index (χ3n) is 5.10. The van der Waals surface area contributed by atoms with E-state index in [-0.39, 0.29) is 11.7 Å². The van der Waals surface area contributed by atoms with Crippen LogP contribution in [0.15, 0.2) is 46.9 Å². The van der Waals surface area contributed by atoms with Crippen LogP contribution in [-0.2, 0) is 11.3 Å². The van der Waals surface area contributed by atoms with Crippen molar-refractivity contribution in [2.75, 3.05) is 25.6 Å². The minimum atomic E-state index is -0.330. The monoisotopic (exact) mass is 407 g/mol. The minimum absolute atomic E-state index is 0.270. The van der Waals surface area contributed by atoms with E-state index < -0.39 is 0 Å². The van der Waals surface area contributed by atoms with Gasteiger partial charge >= 0.3 is 0 Å². The number of nitrogens with zero attached hydrogens (tertiary/aromatic N) is 2. The molecule has 1 amide bonds. The lowest BCUT2D eigenvalue weighted by atomic mass is 10.1. The number of hydrogen-bond donors (Lipinski definition) is 1. The number of anilines is 1. The number of amides is 1. The van der Waals surface area contributed by atoms with E-state index in [1.54, 1.807) is 13.2 Å². The first-order valence-corrected chi connectivity index (χ1v) is 10.0. The van der Waals surface area contributed by atoms with Crippen molar-refractivity contribution in [2.45, 2.75) is 26.8 Å². The standard InChI is InChI=1S/C23H25N3O4/c1-4-29-13-7-12-26-19-9-6-5-8-18(19)24-23(26)25-22(27)21-15(2)17-14-16(28-3)10-11-20(17)30-21/h5-6,8-11,14H,4,7,12-13H2,1-3H3,(H,24,25,27). The Morgan fingerprint density at radius 2 is 2.07 bits per heavy atom. The van der Waals surface area contributed by atoms with E-state index >= 15 is 0 Å². The van der Waals surface area contributed by atoms with Gasteiger partial charge in [-0.15, -0.1) is 0 Å². The zero-order valence-electron chi connectivity index (χ0n) is 17.4. The maximum Gasteiger partial charge on any atom is 0.294 e. The molecule has 0 saturated carbocycles. The molecular weight excluding hydrogens is 382 g/mol. The van der Waals surface area contributed by atoms with Crippen LogP contribution in [0.25, 0.3) is 22.0 Å². The number of methoxy groups -OCH3 is 1. The Labute approximate surface area is 174 Å². The van der Waals surface area contributed by atoms with Crippen molar-refractivity contribution in [1.29, 1.82) is 0 Å². The van der Waals surface area contributed by atoms with E-state index in [9.17, 15) is 4.79 Å². The van der Waals surface area contributed by atoms with Crippen molar-refractivity contribution in [3.63, 3.8) is 0 Å². The predicted octanol–water partition coefficient (Wildman–Crippen LogP) is 4.78. The van der Waals surface area contributed by atoms with Crippen LogP contribution in [-0.4, -0.2) is 35.8 Å². The lowest BCUT2D eigenvalue weighted by Gasteiger charge is -2.10. The van der Waals surface area contributed by atoms with Gasteiger partial charge in [-0.25, -0.2) is 4.98 Å². The average molecular weight is 407 g/mol. The molecule has 0 radical (unpaired) electrons. The molecule has 0 bridgehead atoms. The molecule has 0 atom stereocenters. The second-order valence-corrected chi connectivity index (χ2v) is 7.00. The number of benzene rings is 2. The SMILES string of the molecule is CCOCCCn1c(NC(=O)c2oc3ccc(OC)cc3c2C)nc2ccccc21. The molecule has 7 nitrogen and oxygen atoms in total. The summed E-state index contributed by atoms with van der Waals surface area (Å²) in [4.78, 5) is 17.7. The molecule has 0 spiro atoms. The fraction of sp³-hybridized carbons (Fsp3) is 0.304. The number of fused-ring (bicyclic) bond motifs is 2. The van der Waals surface area contributed by atoms with Crippen molar-refractivity contribution >= 4 is 33.9 Å². The molecule has 0 aliphatic rings. The number of aromatic nitrogens is 2. The molecule has 4 rings (SSSR count). The van der Waals surface area contributed by atoms with Gasteiger partial charge in [-0.3, -0.25) is 10.1 Å². The lowest BCUT2D eigenvalue weighted by molar-refractivity contribution is 0.0996. The molecule has 2 heterocycles. The summed E-state index contributed by atoms with van der Waals surface area (Å²) in [6.45, 7) is 5.87. The Morgan fingerprint density at radius 1 is 1.23 bits per heavy atom. The number of rotatable bonds is 8. The van der Waals surface area contributed by atoms with Gasteiger partial charge in [0.25, 0.3) is 5.91 Å². The molecule has 0 fully saturated rings. The molecule has 0 saturated heterocycles. The number of furan rings is 1. The van der Waals surface area contributed by atoms with E-state index in [1.807, 2.05) is 54.8 Å². The highest BCUT2D eigenvalue weighted by atomic mass is 16.5. The first-order chi connectivity index (χ1) is 14.6. The van der Waals surface area contributed by atoms with Gasteiger partial charge in [0.15, 0.2) is 5.76 Å². The molecule has 0 aliphatic carbocycles. The van der Waals surface area contributed by atoms with E-state index in [0.717, 1.165) is 34.2 Å². The number of aryl methyl sites for hydroxylation is 2. The molecule has 1 N–H and O–H groups in total. The van der Waals surface area contributed by atoms with Crippen LogP contribution in [0.4, 0.5) is 5.95 Å². The topological polar surface area (TPSA) is 78.5 Å². The van der Waals surface area contributed by atoms with Gasteiger partial charge in [-0.2, -0.15) is 0 Å². The van der Waals surface area contributed by atoms with E-state index in [0.29, 0.717) is 31.3 Å². The average Bonchev–Trinajstić information content (AvgIpc) is 3.28. The molecule has 156 valence electrons. The third kappa shape index (κ3) is 3.76. The largest absolute Gasteiger partial charge is 0.497 e. The molecule has 2 aromatic heterocycles. The van der Waals surface area contributed by atoms with E-state index in [1.165, 1.54) is 0 Å². The number of imidazole rings is 1. The van der Waals surface area contributed by atoms with Gasteiger partial charge < -0.3 is 18.5 Å². The Morgan fingerprint density at radius 3 is 2.87 bits per heavy atom. The van der Waals surface area contributed by atoms with Crippen LogP contribution in [0, 0.1) is 6.92 Å². The third-order valence-corrected chi connectivity index (χ3v) is 5.10. The van der Waals surface area contributed by atoms with Crippen molar-refractivity contribution < 1.29 is 18.7 Å². The van der Waals surface area contributed by atoms with Crippen LogP contribution in [0.3, 0.4) is 0 Å². The summed E-state index contributed by atoms with van der Waals surface area (Å²) in [7, 11) is 1.61. The summed E-state index contributed by atoms with van der Waals surface area (Å²) in [6, 6.07) is 13.3. The maximum absolute atomic E-state index is 13.1. The summed E-state index contributed by atoms with van der Waals surface area (Å²) >= 11 is 0. The zero-order chi connectivity index (χ0) is 21.1. The fourth-order valence-corrected chi connectivity index (χ4v) is 3.57. The molecule has 4 aromatic rings. The summed E-state index contributed by atoms with van der Waals surface area (Å²) in [5.74, 6) is 1.15. The number of ether oxygens (including phenoxy) is 2. The molecule has 0 unspecified atom stereocenters. The van der Waals surface area contributed by atoms with Gasteiger partial charge in [0.2, 0.25) is 5.95 Å². The Balaban J connectivity index is 1.64. The van der Waals surface area contributed by atoms with E-state index in [4.69, 9.17) is 13.9 Å². The fourth-order valence-electron chi connectivity index (χ4n) is 3.57. The number of carbonyl (C=O) groups excluding carboxylic acids is 1. The number of para-hydroxylation sites is 2. The quantitative estimate of drug-likeness (QED) is 0.425. The molecule has 2 aromatic carbocycles. The molecule has 7 heteroatoms. The minimum Gasteiger partial charge on any atom is -0.497 e. The van der Waals surface area contributed by atoms with Crippen molar-refractivity contribution in [3.05, 3.63) is 53.8 Å². The highest BCUT2D eigenvalue weighted by Gasteiger charge is 2.21. The van der Waals surface area contributed by atoms with Gasteiger partial charge in [-0.05, 0) is 50.6 Å². The summed E-state index contributed by atoms with van der Waals surface area (Å²) in [5.41, 5.74) is 3.20. The smallest absolute Gasteiger partial charge is 0.294 e. The van der Waals surface area contributed by atoms with Gasteiger partial charge in [0.1, 0.15) is 11.3 Å². The number of carbonyl (C=O) groups is 1. The van der Waals surface area contributed by atoms with Crippen molar-refractivity contribution in [3.8, 4) is 5.75 Å². The van der Waals surface area contributed by atoms with Gasteiger partial charge in [-0.1, -0.05) is 12.1 Å².